The van der Waals surface area contributed by atoms with Crippen molar-refractivity contribution in [2.24, 2.45) is 0 Å². The average molecular weight is 259 g/mol. The van der Waals surface area contributed by atoms with Crippen molar-refractivity contribution in [2.75, 3.05) is 6.54 Å². The molecule has 3 nitrogen and oxygen atoms in total. The number of carbonyl (C=O) groups is 2. The minimum absolute atomic E-state index is 0.193. The lowest BCUT2D eigenvalue weighted by molar-refractivity contribution is -0.122. The standard InChI is InChI=1S/C14H13NO2S/c1-2-15-13(16)12(18-14(15)17)10-6-9-11-7-4-3-5-8-11/h3-10H,2H2,1H3/b9-6+,12-10-. The minimum atomic E-state index is -0.204. The molecule has 0 aliphatic carbocycles. The summed E-state index contributed by atoms with van der Waals surface area (Å²) >= 11 is 0.989. The van der Waals surface area contributed by atoms with Crippen LogP contribution in [0, 0.1) is 0 Å². The third-order valence-corrected chi connectivity index (χ3v) is 3.45. The first kappa shape index (κ1) is 12.6. The van der Waals surface area contributed by atoms with Crippen LogP contribution in [0.3, 0.4) is 0 Å². The summed E-state index contributed by atoms with van der Waals surface area (Å²) in [4.78, 5) is 25.0. The molecule has 1 aliphatic rings. The summed E-state index contributed by atoms with van der Waals surface area (Å²) in [6, 6.07) is 9.80. The lowest BCUT2D eigenvalue weighted by Gasteiger charge is -2.06. The van der Waals surface area contributed by atoms with Gasteiger partial charge in [-0.05, 0) is 30.3 Å². The Kier molecular flexibility index (Phi) is 3.99. The van der Waals surface area contributed by atoms with E-state index in [-0.39, 0.29) is 11.1 Å². The number of allylic oxidation sites excluding steroid dienone is 2. The summed E-state index contributed by atoms with van der Waals surface area (Å²) in [5.74, 6) is -0.204. The van der Waals surface area contributed by atoms with Gasteiger partial charge in [0, 0.05) is 6.54 Å². The summed E-state index contributed by atoms with van der Waals surface area (Å²) in [5, 5.41) is -0.193. The number of benzene rings is 1. The second kappa shape index (κ2) is 5.69. The molecule has 0 atom stereocenters. The summed E-state index contributed by atoms with van der Waals surface area (Å²) in [5.41, 5.74) is 1.06. The van der Waals surface area contributed by atoms with E-state index in [1.807, 2.05) is 36.4 Å². The van der Waals surface area contributed by atoms with Crippen LogP contribution in [0.2, 0.25) is 0 Å². The van der Waals surface area contributed by atoms with Crippen LogP contribution in [-0.2, 0) is 4.79 Å². The molecule has 0 N–H and O–H groups in total. The van der Waals surface area contributed by atoms with E-state index in [0.29, 0.717) is 11.4 Å². The van der Waals surface area contributed by atoms with Crippen molar-refractivity contribution in [3.8, 4) is 0 Å². The zero-order valence-corrected chi connectivity index (χ0v) is 10.8. The van der Waals surface area contributed by atoms with E-state index in [1.54, 1.807) is 19.1 Å². The first-order valence-corrected chi connectivity index (χ1v) is 6.51. The Bertz CT molecular complexity index is 520. The summed E-state index contributed by atoms with van der Waals surface area (Å²) in [6.45, 7) is 2.21. The number of hydrogen-bond donors (Lipinski definition) is 0. The fourth-order valence-corrected chi connectivity index (χ4v) is 2.45. The molecule has 4 heteroatoms. The monoisotopic (exact) mass is 259 g/mol. The van der Waals surface area contributed by atoms with Gasteiger partial charge in [0.05, 0.1) is 4.91 Å². The van der Waals surface area contributed by atoms with Crippen molar-refractivity contribution in [1.29, 1.82) is 0 Å². The fourth-order valence-electron chi connectivity index (χ4n) is 1.60. The molecule has 0 radical (unpaired) electrons. The van der Waals surface area contributed by atoms with Gasteiger partial charge in [0.2, 0.25) is 0 Å². The molecule has 0 saturated carbocycles. The van der Waals surface area contributed by atoms with Gasteiger partial charge in [-0.3, -0.25) is 14.5 Å². The molecule has 0 unspecified atom stereocenters. The highest BCUT2D eigenvalue weighted by molar-refractivity contribution is 8.18. The van der Waals surface area contributed by atoms with Gasteiger partial charge in [-0.2, -0.15) is 0 Å². The van der Waals surface area contributed by atoms with Crippen molar-refractivity contribution in [3.05, 3.63) is 53.0 Å². The maximum atomic E-state index is 11.8. The van der Waals surface area contributed by atoms with E-state index >= 15 is 0 Å². The van der Waals surface area contributed by atoms with E-state index < -0.39 is 0 Å². The zero-order chi connectivity index (χ0) is 13.0. The van der Waals surface area contributed by atoms with Crippen molar-refractivity contribution >= 4 is 29.0 Å². The molecule has 1 heterocycles. The van der Waals surface area contributed by atoms with Crippen LogP contribution < -0.4 is 0 Å². The highest BCUT2D eigenvalue weighted by Gasteiger charge is 2.33. The molecular formula is C14H13NO2S. The third-order valence-electron chi connectivity index (χ3n) is 2.53. The SMILES string of the molecule is CCN1C(=O)S/C(=C\C=C\c2ccccc2)C1=O. The Balaban J connectivity index is 2.09. The number of amides is 2. The largest absolute Gasteiger partial charge is 0.293 e. The van der Waals surface area contributed by atoms with Crippen molar-refractivity contribution in [3.63, 3.8) is 0 Å². The van der Waals surface area contributed by atoms with Gasteiger partial charge in [-0.25, -0.2) is 0 Å². The van der Waals surface area contributed by atoms with Crippen molar-refractivity contribution < 1.29 is 9.59 Å². The van der Waals surface area contributed by atoms with E-state index in [9.17, 15) is 9.59 Å². The number of rotatable bonds is 3. The Morgan fingerprint density at radius 1 is 1.22 bits per heavy atom. The lowest BCUT2D eigenvalue weighted by atomic mass is 10.2. The van der Waals surface area contributed by atoms with Gasteiger partial charge < -0.3 is 0 Å². The summed E-state index contributed by atoms with van der Waals surface area (Å²) in [6.07, 6.45) is 5.38. The number of nitrogens with zero attached hydrogens (tertiary/aromatic N) is 1. The first-order valence-electron chi connectivity index (χ1n) is 5.69. The number of thioether (sulfide) groups is 1. The molecule has 1 aliphatic heterocycles. The summed E-state index contributed by atoms with van der Waals surface area (Å²) < 4.78 is 0. The van der Waals surface area contributed by atoms with Crippen LogP contribution in [0.5, 0.6) is 0 Å². The molecule has 0 spiro atoms. The van der Waals surface area contributed by atoms with Crippen LogP contribution >= 0.6 is 11.8 Å². The van der Waals surface area contributed by atoms with Gasteiger partial charge >= 0.3 is 0 Å². The highest BCUT2D eigenvalue weighted by atomic mass is 32.2. The second-order valence-corrected chi connectivity index (χ2v) is 4.71. The number of imide groups is 1. The van der Waals surface area contributed by atoms with Crippen LogP contribution in [0.25, 0.3) is 6.08 Å². The lowest BCUT2D eigenvalue weighted by Crippen LogP contribution is -2.27. The molecule has 92 valence electrons. The topological polar surface area (TPSA) is 37.4 Å². The van der Waals surface area contributed by atoms with Crippen LogP contribution in [0.15, 0.2) is 47.4 Å². The zero-order valence-electron chi connectivity index (χ0n) is 10.00. The van der Waals surface area contributed by atoms with Gasteiger partial charge in [0.1, 0.15) is 0 Å². The van der Waals surface area contributed by atoms with Crippen LogP contribution in [-0.4, -0.2) is 22.6 Å². The Morgan fingerprint density at radius 2 is 1.94 bits per heavy atom. The Morgan fingerprint density at radius 3 is 2.56 bits per heavy atom. The highest BCUT2D eigenvalue weighted by Crippen LogP contribution is 2.30. The van der Waals surface area contributed by atoms with Gasteiger partial charge in [0.15, 0.2) is 0 Å². The third kappa shape index (κ3) is 2.71. The molecule has 1 aromatic rings. The summed E-state index contributed by atoms with van der Waals surface area (Å²) in [7, 11) is 0. The predicted octanol–water partition coefficient (Wildman–Crippen LogP) is 3.30. The molecule has 2 rings (SSSR count). The number of likely N-dealkylation sites (N-methyl/N-ethyl adjacent to an activating group) is 1. The van der Waals surface area contributed by atoms with E-state index in [4.69, 9.17) is 0 Å². The molecule has 2 amide bonds. The number of carbonyl (C=O) groups excluding carboxylic acids is 2. The van der Waals surface area contributed by atoms with E-state index in [1.165, 1.54) is 4.90 Å². The van der Waals surface area contributed by atoms with Gasteiger partial charge in [-0.15, -0.1) is 0 Å². The van der Waals surface area contributed by atoms with Crippen LogP contribution in [0.4, 0.5) is 4.79 Å². The number of hydrogen-bond acceptors (Lipinski definition) is 3. The van der Waals surface area contributed by atoms with Crippen LogP contribution in [0.1, 0.15) is 12.5 Å². The minimum Gasteiger partial charge on any atom is -0.269 e. The molecule has 1 saturated heterocycles. The van der Waals surface area contributed by atoms with E-state index in [2.05, 4.69) is 0 Å². The van der Waals surface area contributed by atoms with Gasteiger partial charge in [0.25, 0.3) is 11.1 Å². The molecule has 18 heavy (non-hydrogen) atoms. The van der Waals surface area contributed by atoms with Crippen molar-refractivity contribution in [1.82, 2.24) is 4.90 Å². The van der Waals surface area contributed by atoms with Gasteiger partial charge in [-0.1, -0.05) is 42.5 Å². The van der Waals surface area contributed by atoms with Crippen molar-refractivity contribution in [2.45, 2.75) is 6.92 Å². The molecular weight excluding hydrogens is 246 g/mol. The quantitative estimate of drug-likeness (QED) is 0.782. The maximum Gasteiger partial charge on any atom is 0.293 e. The fraction of sp³-hybridized carbons (Fsp3) is 0.143. The molecule has 1 fully saturated rings. The predicted molar refractivity (Wildman–Crippen MR) is 73.9 cm³/mol. The Labute approximate surface area is 110 Å². The smallest absolute Gasteiger partial charge is 0.269 e. The average Bonchev–Trinajstić information content (AvgIpc) is 2.65. The second-order valence-electron chi connectivity index (χ2n) is 3.72. The maximum absolute atomic E-state index is 11.8. The molecule has 0 bridgehead atoms. The van der Waals surface area contributed by atoms with E-state index in [0.717, 1.165) is 17.3 Å². The molecule has 1 aromatic carbocycles. The molecule has 0 aromatic heterocycles. The first-order chi connectivity index (χ1) is 8.72. The normalized spacial score (nSPS) is 18.3. The Hall–Kier alpha value is -1.81.